The summed E-state index contributed by atoms with van der Waals surface area (Å²) in [5.74, 6) is 0.522. The normalized spacial score (nSPS) is 15.4. The first kappa shape index (κ1) is 12.0. The van der Waals surface area contributed by atoms with E-state index in [-0.39, 0.29) is 11.9 Å². The maximum atomic E-state index is 9.19. The van der Waals surface area contributed by atoms with Crippen LogP contribution in [0.1, 0.15) is 10.8 Å². The minimum absolute atomic E-state index is 0.187. The Balaban J connectivity index is 2.40. The molecule has 0 aromatic carbocycles. The molecule has 80 valence electrons. The van der Waals surface area contributed by atoms with Crippen molar-refractivity contribution in [3.05, 3.63) is 22.4 Å². The van der Waals surface area contributed by atoms with Crippen molar-refractivity contribution in [3.63, 3.8) is 0 Å². The second-order valence-electron chi connectivity index (χ2n) is 2.95. The van der Waals surface area contributed by atoms with Crippen LogP contribution in [0, 0.1) is 0 Å². The number of rotatable bonds is 6. The molecule has 0 fully saturated rings. The van der Waals surface area contributed by atoms with Gasteiger partial charge in [0.1, 0.15) is 0 Å². The van der Waals surface area contributed by atoms with Crippen LogP contribution in [0.2, 0.25) is 0 Å². The maximum Gasteiger partial charge on any atom is 0.0861 e. The lowest BCUT2D eigenvalue weighted by atomic mass is 10.2. The summed E-state index contributed by atoms with van der Waals surface area (Å²) in [7, 11) is 0. The van der Waals surface area contributed by atoms with E-state index in [1.54, 1.807) is 23.1 Å². The van der Waals surface area contributed by atoms with Crippen LogP contribution in [0.15, 0.2) is 16.8 Å². The summed E-state index contributed by atoms with van der Waals surface area (Å²) >= 11 is 3.23. The number of hydrogen-bond donors (Lipinski definition) is 3. The third-order valence-corrected chi connectivity index (χ3v) is 3.98. The molecule has 0 spiro atoms. The van der Waals surface area contributed by atoms with Gasteiger partial charge < -0.3 is 15.9 Å². The Bertz CT molecular complexity index is 241. The Labute approximate surface area is 91.9 Å². The molecular formula is C9H15NO2S2. The molecule has 3 nitrogen and oxygen atoms in total. The maximum absolute atomic E-state index is 9.19. The van der Waals surface area contributed by atoms with Gasteiger partial charge >= 0.3 is 0 Å². The molecule has 5 heteroatoms. The fourth-order valence-electron chi connectivity index (χ4n) is 1.04. The van der Waals surface area contributed by atoms with Gasteiger partial charge in [0.25, 0.3) is 0 Å². The van der Waals surface area contributed by atoms with E-state index in [0.717, 1.165) is 0 Å². The number of aliphatic hydroxyl groups is 2. The van der Waals surface area contributed by atoms with E-state index in [1.165, 1.54) is 5.56 Å². The largest absolute Gasteiger partial charge is 0.394 e. The quantitative estimate of drug-likeness (QED) is 0.681. The molecular weight excluding hydrogens is 218 g/mol. The lowest BCUT2D eigenvalue weighted by Gasteiger charge is -2.14. The van der Waals surface area contributed by atoms with Crippen molar-refractivity contribution in [1.82, 2.24) is 0 Å². The predicted molar refractivity (Wildman–Crippen MR) is 61.7 cm³/mol. The number of thiophene rings is 1. The fraction of sp³-hybridized carbons (Fsp3) is 0.556. The van der Waals surface area contributed by atoms with E-state index >= 15 is 0 Å². The van der Waals surface area contributed by atoms with Crippen molar-refractivity contribution in [1.29, 1.82) is 0 Å². The third-order valence-electron chi connectivity index (χ3n) is 1.83. The summed E-state index contributed by atoms with van der Waals surface area (Å²) < 4.78 is 0. The molecule has 0 aliphatic heterocycles. The second kappa shape index (κ2) is 6.42. The van der Waals surface area contributed by atoms with E-state index in [4.69, 9.17) is 10.8 Å². The van der Waals surface area contributed by atoms with E-state index in [0.29, 0.717) is 12.3 Å². The van der Waals surface area contributed by atoms with Gasteiger partial charge in [0.05, 0.1) is 12.7 Å². The molecule has 0 amide bonds. The van der Waals surface area contributed by atoms with Crippen LogP contribution in [0.25, 0.3) is 0 Å². The number of thioether (sulfide) groups is 1. The number of nitrogens with two attached hydrogens (primary N) is 1. The molecule has 4 N–H and O–H groups in total. The molecule has 0 aliphatic rings. The minimum atomic E-state index is -0.646. The van der Waals surface area contributed by atoms with E-state index < -0.39 is 6.10 Å². The first-order valence-corrected chi connectivity index (χ1v) is 6.39. The summed E-state index contributed by atoms with van der Waals surface area (Å²) in [6, 6.07) is 2.04. The molecule has 0 aliphatic carbocycles. The average molecular weight is 233 g/mol. The fourth-order valence-corrected chi connectivity index (χ4v) is 2.87. The zero-order valence-corrected chi connectivity index (χ0v) is 9.43. The average Bonchev–Trinajstić information content (AvgIpc) is 2.72. The molecule has 1 rings (SSSR count). The SMILES string of the molecule is NCC(SCC(O)CO)c1ccsc1. The van der Waals surface area contributed by atoms with Gasteiger partial charge in [0.2, 0.25) is 0 Å². The molecule has 0 bridgehead atoms. The lowest BCUT2D eigenvalue weighted by molar-refractivity contribution is 0.113. The summed E-state index contributed by atoms with van der Waals surface area (Å²) in [6.45, 7) is 0.369. The van der Waals surface area contributed by atoms with Crippen molar-refractivity contribution in [2.75, 3.05) is 18.9 Å². The van der Waals surface area contributed by atoms with Gasteiger partial charge in [-0.05, 0) is 22.4 Å². The summed E-state index contributed by atoms with van der Waals surface area (Å²) in [5, 5.41) is 22.2. The highest BCUT2D eigenvalue weighted by atomic mass is 32.2. The predicted octanol–water partition coefficient (Wildman–Crippen LogP) is 0.834. The summed E-state index contributed by atoms with van der Waals surface area (Å²) in [6.07, 6.45) is -0.646. The molecule has 2 atom stereocenters. The smallest absolute Gasteiger partial charge is 0.0861 e. The molecule has 0 radical (unpaired) electrons. The highest BCUT2D eigenvalue weighted by Crippen LogP contribution is 2.29. The van der Waals surface area contributed by atoms with Gasteiger partial charge in [-0.3, -0.25) is 0 Å². The van der Waals surface area contributed by atoms with Crippen molar-refractivity contribution in [2.45, 2.75) is 11.4 Å². The van der Waals surface area contributed by atoms with Crippen LogP contribution < -0.4 is 5.73 Å². The Hall–Kier alpha value is -0.0700. The van der Waals surface area contributed by atoms with Gasteiger partial charge in [-0.1, -0.05) is 0 Å². The van der Waals surface area contributed by atoms with Crippen LogP contribution in [-0.4, -0.2) is 35.2 Å². The first-order valence-electron chi connectivity index (χ1n) is 4.40. The van der Waals surface area contributed by atoms with Gasteiger partial charge in [-0.25, -0.2) is 0 Å². The Morgan fingerprint density at radius 1 is 1.57 bits per heavy atom. The first-order chi connectivity index (χ1) is 6.77. The van der Waals surface area contributed by atoms with Crippen molar-refractivity contribution in [2.24, 2.45) is 5.73 Å². The van der Waals surface area contributed by atoms with Crippen LogP contribution in [0.5, 0.6) is 0 Å². The van der Waals surface area contributed by atoms with Crippen molar-refractivity contribution < 1.29 is 10.2 Å². The molecule has 0 saturated carbocycles. The highest BCUT2D eigenvalue weighted by Gasteiger charge is 2.12. The van der Waals surface area contributed by atoms with E-state index in [9.17, 15) is 5.11 Å². The zero-order valence-electron chi connectivity index (χ0n) is 7.80. The number of aliphatic hydroxyl groups excluding tert-OH is 2. The molecule has 1 aromatic heterocycles. The molecule has 0 saturated heterocycles. The monoisotopic (exact) mass is 233 g/mol. The van der Waals surface area contributed by atoms with E-state index in [2.05, 4.69) is 5.38 Å². The standard InChI is InChI=1S/C9H15NO2S2/c10-3-9(7-1-2-13-5-7)14-6-8(12)4-11/h1-2,5,8-9,11-12H,3-4,6,10H2. The zero-order chi connectivity index (χ0) is 10.4. The van der Waals surface area contributed by atoms with Crippen molar-refractivity contribution >= 4 is 23.1 Å². The van der Waals surface area contributed by atoms with Crippen LogP contribution in [0.3, 0.4) is 0 Å². The minimum Gasteiger partial charge on any atom is -0.394 e. The third kappa shape index (κ3) is 3.59. The van der Waals surface area contributed by atoms with Crippen LogP contribution >= 0.6 is 23.1 Å². The Kier molecular flexibility index (Phi) is 5.50. The topological polar surface area (TPSA) is 66.5 Å². The van der Waals surface area contributed by atoms with Gasteiger partial charge in [-0.15, -0.1) is 11.8 Å². The lowest BCUT2D eigenvalue weighted by Crippen LogP contribution is -2.17. The van der Waals surface area contributed by atoms with Gasteiger partial charge in [0, 0.05) is 17.5 Å². The number of hydrogen-bond acceptors (Lipinski definition) is 5. The van der Waals surface area contributed by atoms with Gasteiger partial charge in [0.15, 0.2) is 0 Å². The molecule has 14 heavy (non-hydrogen) atoms. The van der Waals surface area contributed by atoms with Gasteiger partial charge in [-0.2, -0.15) is 11.3 Å². The van der Waals surface area contributed by atoms with Crippen LogP contribution in [0.4, 0.5) is 0 Å². The Morgan fingerprint density at radius 2 is 2.36 bits per heavy atom. The molecule has 1 aromatic rings. The van der Waals surface area contributed by atoms with Crippen molar-refractivity contribution in [3.8, 4) is 0 Å². The molecule has 2 unspecified atom stereocenters. The van der Waals surface area contributed by atoms with E-state index in [1.807, 2.05) is 11.4 Å². The second-order valence-corrected chi connectivity index (χ2v) is 4.97. The summed E-state index contributed by atoms with van der Waals surface area (Å²) in [5.41, 5.74) is 6.83. The van der Waals surface area contributed by atoms with Crippen LogP contribution in [-0.2, 0) is 0 Å². The molecule has 1 heterocycles. The highest BCUT2D eigenvalue weighted by molar-refractivity contribution is 7.99. The summed E-state index contributed by atoms with van der Waals surface area (Å²) in [4.78, 5) is 0. The Morgan fingerprint density at radius 3 is 2.86 bits per heavy atom.